The number of benzene rings is 2. The van der Waals surface area contributed by atoms with Crippen LogP contribution in [0.2, 0.25) is 0 Å². The molecule has 1 saturated heterocycles. The highest BCUT2D eigenvalue weighted by molar-refractivity contribution is 6.08. The number of aryl methyl sites for hydroxylation is 1. The molecule has 0 saturated carbocycles. The van der Waals surface area contributed by atoms with Crippen LogP contribution in [0.15, 0.2) is 48.7 Å². The molecule has 31 heavy (non-hydrogen) atoms. The van der Waals surface area contributed by atoms with Crippen LogP contribution in [0.5, 0.6) is 0 Å². The van der Waals surface area contributed by atoms with Gasteiger partial charge in [0.2, 0.25) is 5.91 Å². The Bertz CT molecular complexity index is 1270. The van der Waals surface area contributed by atoms with Gasteiger partial charge in [-0.2, -0.15) is 0 Å². The van der Waals surface area contributed by atoms with E-state index in [1.165, 1.54) is 0 Å². The van der Waals surface area contributed by atoms with E-state index < -0.39 is 0 Å². The minimum absolute atomic E-state index is 0.0171. The Labute approximate surface area is 180 Å². The molecule has 1 fully saturated rings. The normalized spacial score (nSPS) is 14.3. The second kappa shape index (κ2) is 8.00. The number of nitrogens with one attached hydrogen (secondary N) is 1. The molecule has 2 aromatic carbocycles. The predicted molar refractivity (Wildman–Crippen MR) is 123 cm³/mol. The van der Waals surface area contributed by atoms with Gasteiger partial charge in [0.05, 0.1) is 18.7 Å². The Morgan fingerprint density at radius 1 is 1.10 bits per heavy atom. The lowest BCUT2D eigenvalue weighted by Crippen LogP contribution is -2.37. The molecule has 1 amide bonds. The smallest absolute Gasteiger partial charge is 0.224 e. The van der Waals surface area contributed by atoms with Crippen LogP contribution < -0.4 is 10.2 Å². The van der Waals surface area contributed by atoms with Gasteiger partial charge in [0.1, 0.15) is 5.82 Å². The van der Waals surface area contributed by atoms with Crippen molar-refractivity contribution in [3.05, 3.63) is 48.7 Å². The number of hydrogen-bond acceptors (Lipinski definition) is 5. The van der Waals surface area contributed by atoms with Crippen molar-refractivity contribution in [2.24, 2.45) is 7.05 Å². The molecule has 2 aromatic heterocycles. The van der Waals surface area contributed by atoms with Gasteiger partial charge in [0, 0.05) is 60.3 Å². The fourth-order valence-electron chi connectivity index (χ4n) is 4.06. The highest BCUT2D eigenvalue weighted by atomic mass is 16.5. The third-order valence-electron chi connectivity index (χ3n) is 5.75. The van der Waals surface area contributed by atoms with E-state index in [0.29, 0.717) is 25.5 Å². The standard InChI is InChI=1S/C24H25N5O2/c1-3-21(30)25-17-6-4-5-16(15-17)23-26-22-18-9-10-28(2)20(18)8-7-19(22)24(27-23)29-11-13-31-14-12-29/h4-10,15H,3,11-14H2,1-2H3,(H,25,30). The summed E-state index contributed by atoms with van der Waals surface area (Å²) >= 11 is 0. The van der Waals surface area contributed by atoms with Crippen molar-refractivity contribution in [3.63, 3.8) is 0 Å². The number of fused-ring (bicyclic) bond motifs is 3. The highest BCUT2D eigenvalue weighted by Crippen LogP contribution is 2.33. The fourth-order valence-corrected chi connectivity index (χ4v) is 4.06. The molecule has 0 atom stereocenters. The molecule has 0 unspecified atom stereocenters. The van der Waals surface area contributed by atoms with Crippen LogP contribution in [-0.2, 0) is 16.6 Å². The van der Waals surface area contributed by atoms with E-state index >= 15 is 0 Å². The van der Waals surface area contributed by atoms with E-state index in [4.69, 9.17) is 14.7 Å². The third kappa shape index (κ3) is 3.61. The molecule has 4 aromatic rings. The summed E-state index contributed by atoms with van der Waals surface area (Å²) in [5, 5.41) is 5.07. The lowest BCUT2D eigenvalue weighted by molar-refractivity contribution is -0.115. The van der Waals surface area contributed by atoms with Crippen LogP contribution >= 0.6 is 0 Å². The zero-order valence-electron chi connectivity index (χ0n) is 17.8. The molecule has 7 nitrogen and oxygen atoms in total. The lowest BCUT2D eigenvalue weighted by atomic mass is 10.1. The number of nitrogens with zero attached hydrogens (tertiary/aromatic N) is 4. The van der Waals surface area contributed by atoms with Crippen molar-refractivity contribution in [2.45, 2.75) is 13.3 Å². The van der Waals surface area contributed by atoms with Gasteiger partial charge in [0.25, 0.3) is 0 Å². The van der Waals surface area contributed by atoms with Crippen molar-refractivity contribution < 1.29 is 9.53 Å². The summed E-state index contributed by atoms with van der Waals surface area (Å²) in [6.07, 6.45) is 2.49. The van der Waals surface area contributed by atoms with E-state index in [2.05, 4.69) is 39.2 Å². The number of carbonyl (C=O) groups is 1. The number of aromatic nitrogens is 3. The van der Waals surface area contributed by atoms with Crippen molar-refractivity contribution >= 4 is 39.2 Å². The zero-order valence-corrected chi connectivity index (χ0v) is 17.8. The summed E-state index contributed by atoms with van der Waals surface area (Å²) in [5.41, 5.74) is 3.69. The molecule has 158 valence electrons. The molecule has 5 rings (SSSR count). The monoisotopic (exact) mass is 415 g/mol. The van der Waals surface area contributed by atoms with Gasteiger partial charge in [-0.15, -0.1) is 0 Å². The SMILES string of the molecule is CCC(=O)Nc1cccc(-c2nc(N3CCOCC3)c3ccc4c(ccn4C)c3n2)c1. The fraction of sp³-hybridized carbons (Fsp3) is 0.292. The van der Waals surface area contributed by atoms with Gasteiger partial charge < -0.3 is 19.5 Å². The van der Waals surface area contributed by atoms with Crippen molar-refractivity contribution in [1.82, 2.24) is 14.5 Å². The first-order valence-corrected chi connectivity index (χ1v) is 10.6. The summed E-state index contributed by atoms with van der Waals surface area (Å²) in [7, 11) is 2.04. The second-order valence-corrected chi connectivity index (χ2v) is 7.77. The largest absolute Gasteiger partial charge is 0.378 e. The van der Waals surface area contributed by atoms with Gasteiger partial charge in [-0.25, -0.2) is 9.97 Å². The highest BCUT2D eigenvalue weighted by Gasteiger charge is 2.20. The van der Waals surface area contributed by atoms with Crippen LogP contribution in [0, 0.1) is 0 Å². The van der Waals surface area contributed by atoms with Gasteiger partial charge in [-0.05, 0) is 30.3 Å². The number of carbonyl (C=O) groups excluding carboxylic acids is 1. The summed E-state index contributed by atoms with van der Waals surface area (Å²) in [6.45, 7) is 4.81. The number of hydrogen-bond donors (Lipinski definition) is 1. The maximum absolute atomic E-state index is 11.9. The van der Waals surface area contributed by atoms with Crippen molar-refractivity contribution in [1.29, 1.82) is 0 Å². The molecule has 0 aliphatic carbocycles. The van der Waals surface area contributed by atoms with Crippen LogP contribution in [0.25, 0.3) is 33.2 Å². The molecule has 1 aliphatic heterocycles. The maximum atomic E-state index is 11.9. The Morgan fingerprint density at radius 3 is 2.74 bits per heavy atom. The quantitative estimate of drug-likeness (QED) is 0.546. The first kappa shape index (κ1) is 19.5. The number of amides is 1. The van der Waals surface area contributed by atoms with E-state index in [9.17, 15) is 4.79 Å². The van der Waals surface area contributed by atoms with Gasteiger partial charge in [-0.3, -0.25) is 4.79 Å². The molecule has 0 radical (unpaired) electrons. The molecule has 0 spiro atoms. The van der Waals surface area contributed by atoms with Crippen LogP contribution in [-0.4, -0.2) is 46.7 Å². The summed E-state index contributed by atoms with van der Waals surface area (Å²) in [5.74, 6) is 1.56. The van der Waals surface area contributed by atoms with Crippen molar-refractivity contribution in [2.75, 3.05) is 36.5 Å². The molecule has 7 heteroatoms. The van der Waals surface area contributed by atoms with Crippen LogP contribution in [0.4, 0.5) is 11.5 Å². The molecular weight excluding hydrogens is 390 g/mol. The van der Waals surface area contributed by atoms with Gasteiger partial charge in [0.15, 0.2) is 5.82 Å². The summed E-state index contributed by atoms with van der Waals surface area (Å²) < 4.78 is 7.66. The minimum atomic E-state index is -0.0171. The average molecular weight is 415 g/mol. The number of rotatable bonds is 4. The molecule has 1 N–H and O–H groups in total. The van der Waals surface area contributed by atoms with E-state index in [0.717, 1.165) is 52.0 Å². The Hall–Kier alpha value is -3.45. The van der Waals surface area contributed by atoms with Gasteiger partial charge >= 0.3 is 0 Å². The van der Waals surface area contributed by atoms with Crippen LogP contribution in [0.3, 0.4) is 0 Å². The summed E-state index contributed by atoms with van der Waals surface area (Å²) in [6, 6.07) is 14.1. The molecular formula is C24H25N5O2. The number of anilines is 2. The van der Waals surface area contributed by atoms with E-state index in [1.807, 2.05) is 38.2 Å². The Morgan fingerprint density at radius 2 is 1.94 bits per heavy atom. The molecule has 3 heterocycles. The van der Waals surface area contributed by atoms with E-state index in [-0.39, 0.29) is 5.91 Å². The minimum Gasteiger partial charge on any atom is -0.378 e. The van der Waals surface area contributed by atoms with Crippen LogP contribution in [0.1, 0.15) is 13.3 Å². The van der Waals surface area contributed by atoms with E-state index in [1.54, 1.807) is 0 Å². The number of morpholine rings is 1. The first-order valence-electron chi connectivity index (χ1n) is 10.6. The molecule has 1 aliphatic rings. The maximum Gasteiger partial charge on any atom is 0.224 e. The zero-order chi connectivity index (χ0) is 21.4. The van der Waals surface area contributed by atoms with Gasteiger partial charge in [-0.1, -0.05) is 19.1 Å². The predicted octanol–water partition coefficient (Wildman–Crippen LogP) is 3.97. The topological polar surface area (TPSA) is 72.3 Å². The first-order chi connectivity index (χ1) is 15.1. The average Bonchev–Trinajstić information content (AvgIpc) is 3.20. The Balaban J connectivity index is 1.70. The second-order valence-electron chi connectivity index (χ2n) is 7.77. The number of ether oxygens (including phenoxy) is 1. The Kier molecular flexibility index (Phi) is 5.03. The van der Waals surface area contributed by atoms with Crippen molar-refractivity contribution in [3.8, 4) is 11.4 Å². The third-order valence-corrected chi connectivity index (χ3v) is 5.75. The lowest BCUT2D eigenvalue weighted by Gasteiger charge is -2.29. The molecule has 0 bridgehead atoms. The summed E-state index contributed by atoms with van der Waals surface area (Å²) in [4.78, 5) is 24.1.